The molecule has 2 heterocycles. The van der Waals surface area contributed by atoms with Crippen molar-refractivity contribution in [2.24, 2.45) is 0 Å². The molecule has 17 heavy (non-hydrogen) atoms. The number of aryl methyl sites for hydroxylation is 2. The molecule has 3 aromatic rings. The molecule has 2 nitrogen and oxygen atoms in total. The van der Waals surface area contributed by atoms with Gasteiger partial charge < -0.3 is 0 Å². The van der Waals surface area contributed by atoms with Crippen LogP contribution in [-0.4, -0.2) is 9.97 Å². The summed E-state index contributed by atoms with van der Waals surface area (Å²) in [6, 6.07) is 12.5. The second-order valence-corrected chi connectivity index (χ2v) is 4.11. The summed E-state index contributed by atoms with van der Waals surface area (Å²) in [5.41, 5.74) is 4.06. The maximum atomic E-state index is 4.58. The Bertz CT molecular complexity index is 631. The van der Waals surface area contributed by atoms with Gasteiger partial charge in [-0.2, -0.15) is 0 Å². The average molecular weight is 274 g/mol. The molecule has 0 radical (unpaired) electrons. The summed E-state index contributed by atoms with van der Waals surface area (Å²) in [4.78, 5) is 9.16. The maximum absolute atomic E-state index is 4.58. The molecule has 0 aliphatic rings. The van der Waals surface area contributed by atoms with Crippen molar-refractivity contribution in [3.63, 3.8) is 0 Å². The van der Waals surface area contributed by atoms with E-state index in [9.17, 15) is 0 Å². The van der Waals surface area contributed by atoms with Crippen molar-refractivity contribution in [2.75, 3.05) is 0 Å². The van der Waals surface area contributed by atoms with Crippen LogP contribution < -0.4 is 0 Å². The van der Waals surface area contributed by atoms with E-state index < -0.39 is 0 Å². The summed E-state index contributed by atoms with van der Waals surface area (Å²) in [6.45, 7) is 4.02. The van der Waals surface area contributed by atoms with Crippen LogP contribution in [0.25, 0.3) is 21.8 Å². The number of hydrogen-bond donors (Lipinski definition) is 0. The molecule has 80 valence electrons. The van der Waals surface area contributed by atoms with Crippen molar-refractivity contribution in [1.29, 1.82) is 0 Å². The second kappa shape index (κ2) is 4.50. The van der Waals surface area contributed by atoms with Crippen LogP contribution in [0.15, 0.2) is 36.4 Å². The standard InChI is InChI=1S/C14H12N2.Zn/c1-9-3-5-11-7-8-12-6-4-10(2)16-14(12)13(11)15-9;/h3-8H,1-2H3;. The van der Waals surface area contributed by atoms with Gasteiger partial charge in [0.15, 0.2) is 0 Å². The van der Waals surface area contributed by atoms with Crippen LogP contribution in [0.2, 0.25) is 0 Å². The molecule has 3 heteroatoms. The van der Waals surface area contributed by atoms with E-state index in [1.54, 1.807) is 0 Å². The number of benzene rings is 1. The summed E-state index contributed by atoms with van der Waals surface area (Å²) in [5, 5.41) is 2.30. The Hall–Kier alpha value is -1.34. The zero-order chi connectivity index (χ0) is 11.1. The molecule has 0 aliphatic carbocycles. The maximum Gasteiger partial charge on any atom is 0.0967 e. The minimum atomic E-state index is 0. The summed E-state index contributed by atoms with van der Waals surface area (Å²) in [7, 11) is 0. The van der Waals surface area contributed by atoms with Crippen LogP contribution in [0.1, 0.15) is 11.4 Å². The minimum Gasteiger partial charge on any atom is -0.251 e. The number of nitrogens with zero attached hydrogens (tertiary/aromatic N) is 2. The van der Waals surface area contributed by atoms with Crippen molar-refractivity contribution >= 4 is 21.8 Å². The molecule has 0 aliphatic heterocycles. The van der Waals surface area contributed by atoms with E-state index in [1.807, 2.05) is 26.0 Å². The summed E-state index contributed by atoms with van der Waals surface area (Å²) in [6.07, 6.45) is 0. The van der Waals surface area contributed by atoms with Gasteiger partial charge in [-0.25, -0.2) is 0 Å². The molecular formula is C14H12N2Zn. The van der Waals surface area contributed by atoms with Crippen molar-refractivity contribution in [3.05, 3.63) is 47.8 Å². The number of rotatable bonds is 0. The topological polar surface area (TPSA) is 25.8 Å². The molecule has 0 saturated heterocycles. The van der Waals surface area contributed by atoms with Crippen LogP contribution in [0.3, 0.4) is 0 Å². The fraction of sp³-hybridized carbons (Fsp3) is 0.143. The molecule has 1 aromatic carbocycles. The van der Waals surface area contributed by atoms with Gasteiger partial charge in [-0.15, -0.1) is 0 Å². The molecule has 0 saturated carbocycles. The first kappa shape index (κ1) is 12.1. The van der Waals surface area contributed by atoms with E-state index in [-0.39, 0.29) is 19.5 Å². The quantitative estimate of drug-likeness (QED) is 0.463. The fourth-order valence-electron chi connectivity index (χ4n) is 1.96. The first-order chi connectivity index (χ1) is 7.74. The molecule has 2 aromatic heterocycles. The largest absolute Gasteiger partial charge is 0.251 e. The number of fused-ring (bicyclic) bond motifs is 3. The van der Waals surface area contributed by atoms with E-state index >= 15 is 0 Å². The second-order valence-electron chi connectivity index (χ2n) is 4.11. The van der Waals surface area contributed by atoms with Gasteiger partial charge in [0.05, 0.1) is 11.0 Å². The third kappa shape index (κ3) is 2.07. The first-order valence-corrected chi connectivity index (χ1v) is 5.38. The van der Waals surface area contributed by atoms with Crippen molar-refractivity contribution in [2.45, 2.75) is 13.8 Å². The predicted octanol–water partition coefficient (Wildman–Crippen LogP) is 3.40. The Morgan fingerprint density at radius 1 is 0.647 bits per heavy atom. The third-order valence-electron chi connectivity index (χ3n) is 2.80. The fourth-order valence-corrected chi connectivity index (χ4v) is 1.96. The van der Waals surface area contributed by atoms with Crippen LogP contribution >= 0.6 is 0 Å². The number of pyridine rings is 2. The molecule has 0 fully saturated rings. The first-order valence-electron chi connectivity index (χ1n) is 5.38. The Balaban J connectivity index is 0.00000108. The zero-order valence-electron chi connectivity index (χ0n) is 10.1. The Morgan fingerprint density at radius 2 is 1.00 bits per heavy atom. The van der Waals surface area contributed by atoms with Crippen LogP contribution in [-0.2, 0) is 19.5 Å². The van der Waals surface area contributed by atoms with Gasteiger partial charge >= 0.3 is 0 Å². The molecule has 0 amide bonds. The number of aromatic nitrogens is 2. The third-order valence-corrected chi connectivity index (χ3v) is 2.80. The monoisotopic (exact) mass is 272 g/mol. The molecular weight excluding hydrogens is 262 g/mol. The van der Waals surface area contributed by atoms with E-state index in [0.29, 0.717) is 0 Å². The Morgan fingerprint density at radius 3 is 1.41 bits per heavy atom. The summed E-state index contributed by atoms with van der Waals surface area (Å²) >= 11 is 0. The minimum absolute atomic E-state index is 0. The van der Waals surface area contributed by atoms with Crippen LogP contribution in [0.4, 0.5) is 0 Å². The van der Waals surface area contributed by atoms with Gasteiger partial charge in [0.2, 0.25) is 0 Å². The Labute approximate surface area is 113 Å². The van der Waals surface area contributed by atoms with Gasteiger partial charge in [-0.1, -0.05) is 24.3 Å². The molecule has 0 spiro atoms. The van der Waals surface area contributed by atoms with E-state index in [0.717, 1.165) is 33.2 Å². The number of hydrogen-bond acceptors (Lipinski definition) is 2. The zero-order valence-corrected chi connectivity index (χ0v) is 13.0. The van der Waals surface area contributed by atoms with Crippen molar-refractivity contribution in [1.82, 2.24) is 9.97 Å². The normalized spacial score (nSPS) is 10.5. The summed E-state index contributed by atoms with van der Waals surface area (Å²) in [5.74, 6) is 0. The van der Waals surface area contributed by atoms with E-state index in [2.05, 4.69) is 34.2 Å². The van der Waals surface area contributed by atoms with Crippen LogP contribution in [0.5, 0.6) is 0 Å². The van der Waals surface area contributed by atoms with Gasteiger partial charge in [-0.3, -0.25) is 9.97 Å². The Kier molecular flexibility index (Phi) is 3.21. The van der Waals surface area contributed by atoms with Gasteiger partial charge in [0.1, 0.15) is 0 Å². The van der Waals surface area contributed by atoms with E-state index in [1.165, 1.54) is 0 Å². The van der Waals surface area contributed by atoms with Gasteiger partial charge in [0, 0.05) is 41.6 Å². The molecule has 0 bridgehead atoms. The molecule has 0 atom stereocenters. The van der Waals surface area contributed by atoms with Crippen LogP contribution in [0, 0.1) is 13.8 Å². The average Bonchev–Trinajstić information content (AvgIpc) is 2.29. The van der Waals surface area contributed by atoms with Crippen molar-refractivity contribution < 1.29 is 19.5 Å². The molecule has 0 unspecified atom stereocenters. The van der Waals surface area contributed by atoms with Gasteiger partial charge in [0.25, 0.3) is 0 Å². The van der Waals surface area contributed by atoms with Gasteiger partial charge in [-0.05, 0) is 26.0 Å². The van der Waals surface area contributed by atoms with E-state index in [4.69, 9.17) is 0 Å². The van der Waals surface area contributed by atoms with Crippen molar-refractivity contribution in [3.8, 4) is 0 Å². The summed E-state index contributed by atoms with van der Waals surface area (Å²) < 4.78 is 0. The smallest absolute Gasteiger partial charge is 0.0967 e. The molecule has 3 rings (SSSR count). The molecule has 0 N–H and O–H groups in total. The predicted molar refractivity (Wildman–Crippen MR) is 66.5 cm³/mol. The SMILES string of the molecule is Cc1ccc2ccc3ccc(C)nc3c2n1.[Zn].